The highest BCUT2D eigenvalue weighted by Gasteiger charge is 2.10. The van der Waals surface area contributed by atoms with E-state index in [1.54, 1.807) is 47.5 Å². The number of hydrogen-bond donors (Lipinski definition) is 4. The lowest BCUT2D eigenvalue weighted by Gasteiger charge is -2.09. The molecule has 0 fully saturated rings. The second kappa shape index (κ2) is 8.40. The zero-order valence-electron chi connectivity index (χ0n) is 15.5. The molecular weight excluding hydrogens is 372 g/mol. The van der Waals surface area contributed by atoms with E-state index in [0.29, 0.717) is 35.1 Å². The van der Waals surface area contributed by atoms with Crippen LogP contribution in [0, 0.1) is 0 Å². The van der Waals surface area contributed by atoms with Crippen molar-refractivity contribution in [3.63, 3.8) is 0 Å². The Morgan fingerprint density at radius 1 is 1.17 bits per heavy atom. The quantitative estimate of drug-likeness (QED) is 0.382. The molecule has 3 aromatic heterocycles. The van der Waals surface area contributed by atoms with Gasteiger partial charge < -0.3 is 20.3 Å². The summed E-state index contributed by atoms with van der Waals surface area (Å²) in [5, 5.41) is 22.4. The summed E-state index contributed by atoms with van der Waals surface area (Å²) < 4.78 is 3.52. The molecule has 1 aromatic carbocycles. The van der Waals surface area contributed by atoms with Gasteiger partial charge in [-0.1, -0.05) is 12.1 Å². The topological polar surface area (TPSA) is 121 Å². The summed E-state index contributed by atoms with van der Waals surface area (Å²) in [7, 11) is 0. The van der Waals surface area contributed by atoms with Gasteiger partial charge in [-0.25, -0.2) is 14.8 Å². The molecule has 4 rings (SSSR count). The van der Waals surface area contributed by atoms with Gasteiger partial charge in [0.15, 0.2) is 11.5 Å². The third-order valence-corrected chi connectivity index (χ3v) is 4.21. The summed E-state index contributed by atoms with van der Waals surface area (Å²) in [4.78, 5) is 20.6. The SMILES string of the molecule is O=C(Nc1cccc(CO)c1)Nc1cnc2ccc(NCCn3ccnc3)nn12. The van der Waals surface area contributed by atoms with E-state index in [-0.39, 0.29) is 6.61 Å². The van der Waals surface area contributed by atoms with E-state index < -0.39 is 6.03 Å². The molecule has 0 spiro atoms. The van der Waals surface area contributed by atoms with Gasteiger partial charge >= 0.3 is 6.03 Å². The number of nitrogens with one attached hydrogen (secondary N) is 3. The van der Waals surface area contributed by atoms with Crippen LogP contribution < -0.4 is 16.0 Å². The minimum Gasteiger partial charge on any atom is -0.392 e. The molecule has 0 aliphatic carbocycles. The van der Waals surface area contributed by atoms with Crippen molar-refractivity contribution in [3.05, 3.63) is 66.9 Å². The Bertz CT molecular complexity index is 1110. The van der Waals surface area contributed by atoms with Crippen LogP contribution in [0.1, 0.15) is 5.56 Å². The first-order valence-corrected chi connectivity index (χ1v) is 9.03. The third-order valence-electron chi connectivity index (χ3n) is 4.21. The minimum atomic E-state index is -0.429. The van der Waals surface area contributed by atoms with Crippen molar-refractivity contribution in [2.24, 2.45) is 0 Å². The lowest BCUT2D eigenvalue weighted by Crippen LogP contribution is -2.21. The van der Waals surface area contributed by atoms with Gasteiger partial charge in [0.1, 0.15) is 5.82 Å². The number of carbonyl (C=O) groups excluding carboxylic acids is 1. The van der Waals surface area contributed by atoms with Crippen LogP contribution in [-0.4, -0.2) is 41.8 Å². The molecule has 4 aromatic rings. The number of urea groups is 1. The Hall–Kier alpha value is -3.92. The van der Waals surface area contributed by atoms with Crippen LogP contribution in [-0.2, 0) is 13.2 Å². The van der Waals surface area contributed by atoms with E-state index in [1.165, 1.54) is 0 Å². The summed E-state index contributed by atoms with van der Waals surface area (Å²) >= 11 is 0. The second-order valence-electron chi connectivity index (χ2n) is 6.30. The highest BCUT2D eigenvalue weighted by molar-refractivity contribution is 5.99. The van der Waals surface area contributed by atoms with Crippen molar-refractivity contribution in [2.75, 3.05) is 22.5 Å². The average Bonchev–Trinajstić information content (AvgIpc) is 3.38. The summed E-state index contributed by atoms with van der Waals surface area (Å²) in [5.41, 5.74) is 1.91. The molecule has 0 radical (unpaired) electrons. The lowest BCUT2D eigenvalue weighted by atomic mass is 10.2. The van der Waals surface area contributed by atoms with Crippen LogP contribution in [0.25, 0.3) is 5.65 Å². The normalized spacial score (nSPS) is 10.8. The molecule has 0 aliphatic heterocycles. The van der Waals surface area contributed by atoms with Crippen LogP contribution in [0.3, 0.4) is 0 Å². The lowest BCUT2D eigenvalue weighted by molar-refractivity contribution is 0.262. The monoisotopic (exact) mass is 392 g/mol. The Morgan fingerprint density at radius 3 is 2.93 bits per heavy atom. The molecule has 29 heavy (non-hydrogen) atoms. The maximum atomic E-state index is 12.3. The van der Waals surface area contributed by atoms with Crippen molar-refractivity contribution in [1.29, 1.82) is 0 Å². The van der Waals surface area contributed by atoms with Crippen molar-refractivity contribution >= 4 is 29.0 Å². The minimum absolute atomic E-state index is 0.0923. The van der Waals surface area contributed by atoms with E-state index in [1.807, 2.05) is 22.9 Å². The van der Waals surface area contributed by atoms with E-state index in [9.17, 15) is 9.90 Å². The number of carbonyl (C=O) groups is 1. The van der Waals surface area contributed by atoms with Crippen LogP contribution in [0.15, 0.2) is 61.3 Å². The first-order valence-electron chi connectivity index (χ1n) is 9.03. The molecule has 2 amide bonds. The molecule has 0 aliphatic rings. The fourth-order valence-electron chi connectivity index (χ4n) is 2.81. The van der Waals surface area contributed by atoms with Crippen molar-refractivity contribution < 1.29 is 9.90 Å². The summed E-state index contributed by atoms with van der Waals surface area (Å²) in [6, 6.07) is 10.2. The highest BCUT2D eigenvalue weighted by Crippen LogP contribution is 2.15. The summed E-state index contributed by atoms with van der Waals surface area (Å²) in [6.45, 7) is 1.34. The number of imidazole rings is 2. The molecule has 10 nitrogen and oxygen atoms in total. The Kier molecular flexibility index (Phi) is 5.34. The van der Waals surface area contributed by atoms with Gasteiger partial charge in [-0.3, -0.25) is 5.32 Å². The van der Waals surface area contributed by atoms with Crippen molar-refractivity contribution in [1.82, 2.24) is 24.1 Å². The van der Waals surface area contributed by atoms with E-state index in [2.05, 4.69) is 31.0 Å². The molecule has 4 N–H and O–H groups in total. The first kappa shape index (κ1) is 18.4. The molecular formula is C19H20N8O2. The molecule has 0 bridgehead atoms. The number of fused-ring (bicyclic) bond motifs is 1. The number of aliphatic hydroxyl groups is 1. The molecule has 0 saturated heterocycles. The molecule has 3 heterocycles. The van der Waals surface area contributed by atoms with Gasteiger partial charge in [-0.2, -0.15) is 4.52 Å². The molecule has 0 atom stereocenters. The van der Waals surface area contributed by atoms with Gasteiger partial charge in [0.05, 0.1) is 19.1 Å². The number of aromatic nitrogens is 5. The summed E-state index contributed by atoms with van der Waals surface area (Å²) in [5.74, 6) is 1.10. The Labute approximate surface area is 166 Å². The highest BCUT2D eigenvalue weighted by atomic mass is 16.3. The van der Waals surface area contributed by atoms with Gasteiger partial charge in [-0.05, 0) is 29.8 Å². The van der Waals surface area contributed by atoms with Gasteiger partial charge in [0.2, 0.25) is 0 Å². The Morgan fingerprint density at radius 2 is 2.10 bits per heavy atom. The zero-order chi connectivity index (χ0) is 20.1. The Balaban J connectivity index is 1.42. The number of amides is 2. The number of nitrogens with zero attached hydrogens (tertiary/aromatic N) is 5. The second-order valence-corrected chi connectivity index (χ2v) is 6.30. The number of hydrogen-bond acceptors (Lipinski definition) is 6. The molecule has 148 valence electrons. The largest absolute Gasteiger partial charge is 0.392 e. The number of anilines is 3. The van der Waals surface area contributed by atoms with E-state index >= 15 is 0 Å². The van der Waals surface area contributed by atoms with Crippen LogP contribution in [0.2, 0.25) is 0 Å². The van der Waals surface area contributed by atoms with Crippen molar-refractivity contribution in [2.45, 2.75) is 13.2 Å². The number of rotatable bonds is 7. The fourth-order valence-corrected chi connectivity index (χ4v) is 2.81. The molecule has 0 unspecified atom stereocenters. The van der Waals surface area contributed by atoms with E-state index in [4.69, 9.17) is 0 Å². The first-order chi connectivity index (χ1) is 14.2. The summed E-state index contributed by atoms with van der Waals surface area (Å²) in [6.07, 6.45) is 6.93. The van der Waals surface area contributed by atoms with Gasteiger partial charge in [0.25, 0.3) is 0 Å². The average molecular weight is 392 g/mol. The van der Waals surface area contributed by atoms with Gasteiger partial charge in [-0.15, -0.1) is 5.10 Å². The van der Waals surface area contributed by atoms with E-state index in [0.717, 1.165) is 6.54 Å². The standard InChI is InChI=1S/C19H20N8O2/c28-12-14-2-1-3-15(10-14)23-19(29)24-18-11-22-17-5-4-16(25-27(17)18)21-7-9-26-8-6-20-13-26/h1-6,8,10-11,13,28H,7,9,12H2,(H,21,25)(H2,23,24,29). The smallest absolute Gasteiger partial charge is 0.324 e. The molecule has 0 saturated carbocycles. The fraction of sp³-hybridized carbons (Fsp3) is 0.158. The van der Waals surface area contributed by atoms with Crippen molar-refractivity contribution in [3.8, 4) is 0 Å². The number of aliphatic hydroxyl groups excluding tert-OH is 1. The maximum absolute atomic E-state index is 12.3. The number of benzene rings is 1. The van der Waals surface area contributed by atoms with Crippen LogP contribution >= 0.6 is 0 Å². The predicted molar refractivity (Wildman–Crippen MR) is 109 cm³/mol. The van der Waals surface area contributed by atoms with Gasteiger partial charge in [0, 0.05) is 31.2 Å². The zero-order valence-corrected chi connectivity index (χ0v) is 15.5. The molecule has 10 heteroatoms. The van der Waals surface area contributed by atoms with Crippen LogP contribution in [0.5, 0.6) is 0 Å². The maximum Gasteiger partial charge on any atom is 0.324 e. The van der Waals surface area contributed by atoms with Crippen LogP contribution in [0.4, 0.5) is 22.1 Å². The third kappa shape index (κ3) is 4.50. The predicted octanol–water partition coefficient (Wildman–Crippen LogP) is 2.17.